The summed E-state index contributed by atoms with van der Waals surface area (Å²) in [5.74, 6) is 1.36. The second-order valence-electron chi connectivity index (χ2n) is 4.84. The molecule has 0 saturated carbocycles. The van der Waals surface area contributed by atoms with Crippen molar-refractivity contribution in [2.24, 2.45) is 0 Å². The fourth-order valence-corrected chi connectivity index (χ4v) is 2.51. The minimum absolute atomic E-state index is 0.669. The van der Waals surface area contributed by atoms with E-state index in [0.717, 1.165) is 22.3 Å². The van der Waals surface area contributed by atoms with Gasteiger partial charge >= 0.3 is 0 Å². The SMILES string of the molecule is COc1ccccc1C(O)c1c(C)cc(C)cc1OC. The third-order valence-electron chi connectivity index (χ3n) is 3.42. The summed E-state index contributed by atoms with van der Waals surface area (Å²) in [5, 5.41) is 10.7. The normalized spacial score (nSPS) is 12.1. The average Bonchev–Trinajstić information content (AvgIpc) is 2.45. The topological polar surface area (TPSA) is 38.7 Å². The van der Waals surface area contributed by atoms with E-state index >= 15 is 0 Å². The lowest BCUT2D eigenvalue weighted by Gasteiger charge is -2.20. The van der Waals surface area contributed by atoms with Gasteiger partial charge in [-0.25, -0.2) is 0 Å². The zero-order valence-corrected chi connectivity index (χ0v) is 12.3. The third kappa shape index (κ3) is 2.63. The molecular formula is C17H20O3. The molecule has 2 aromatic carbocycles. The van der Waals surface area contributed by atoms with Crippen LogP contribution < -0.4 is 9.47 Å². The van der Waals surface area contributed by atoms with E-state index in [1.165, 1.54) is 0 Å². The predicted octanol–water partition coefficient (Wildman–Crippen LogP) is 3.40. The maximum absolute atomic E-state index is 10.7. The molecular weight excluding hydrogens is 252 g/mol. The van der Waals surface area contributed by atoms with Crippen molar-refractivity contribution in [1.82, 2.24) is 0 Å². The molecule has 0 spiro atoms. The predicted molar refractivity (Wildman–Crippen MR) is 79.5 cm³/mol. The van der Waals surface area contributed by atoms with E-state index in [2.05, 4.69) is 0 Å². The summed E-state index contributed by atoms with van der Waals surface area (Å²) in [6, 6.07) is 11.4. The molecule has 106 valence electrons. The molecule has 0 fully saturated rings. The molecule has 3 nitrogen and oxygen atoms in total. The zero-order valence-electron chi connectivity index (χ0n) is 12.3. The standard InChI is InChI=1S/C17H20O3/c1-11-9-12(2)16(15(10-11)20-4)17(18)13-7-5-6-8-14(13)19-3/h5-10,17-18H,1-4H3. The van der Waals surface area contributed by atoms with E-state index in [4.69, 9.17) is 9.47 Å². The van der Waals surface area contributed by atoms with Crippen molar-refractivity contribution in [3.63, 3.8) is 0 Å². The molecule has 1 atom stereocenters. The van der Waals surface area contributed by atoms with Crippen LogP contribution in [0.5, 0.6) is 11.5 Å². The van der Waals surface area contributed by atoms with Gasteiger partial charge in [-0.1, -0.05) is 24.3 Å². The molecule has 0 radical (unpaired) electrons. The van der Waals surface area contributed by atoms with Crippen LogP contribution in [0.4, 0.5) is 0 Å². The number of methoxy groups -OCH3 is 2. The smallest absolute Gasteiger partial charge is 0.125 e. The van der Waals surface area contributed by atoms with Crippen molar-refractivity contribution in [2.45, 2.75) is 20.0 Å². The van der Waals surface area contributed by atoms with E-state index in [-0.39, 0.29) is 0 Å². The highest BCUT2D eigenvalue weighted by atomic mass is 16.5. The minimum Gasteiger partial charge on any atom is -0.496 e. The number of benzene rings is 2. The lowest BCUT2D eigenvalue weighted by Crippen LogP contribution is -2.07. The zero-order chi connectivity index (χ0) is 14.7. The van der Waals surface area contributed by atoms with Crippen molar-refractivity contribution < 1.29 is 14.6 Å². The highest BCUT2D eigenvalue weighted by molar-refractivity contribution is 5.50. The molecule has 0 aromatic heterocycles. The van der Waals surface area contributed by atoms with Crippen molar-refractivity contribution in [1.29, 1.82) is 0 Å². The first-order valence-corrected chi connectivity index (χ1v) is 6.54. The van der Waals surface area contributed by atoms with Gasteiger partial charge < -0.3 is 14.6 Å². The Morgan fingerprint density at radius 3 is 2.25 bits per heavy atom. The Morgan fingerprint density at radius 2 is 1.60 bits per heavy atom. The van der Waals surface area contributed by atoms with Gasteiger partial charge in [-0.2, -0.15) is 0 Å². The largest absolute Gasteiger partial charge is 0.496 e. The van der Waals surface area contributed by atoms with Crippen LogP contribution in [0.1, 0.15) is 28.4 Å². The quantitative estimate of drug-likeness (QED) is 0.927. The van der Waals surface area contributed by atoms with Gasteiger partial charge in [0.25, 0.3) is 0 Å². The molecule has 1 unspecified atom stereocenters. The fourth-order valence-electron chi connectivity index (χ4n) is 2.51. The monoisotopic (exact) mass is 272 g/mol. The van der Waals surface area contributed by atoms with Gasteiger partial charge in [0.2, 0.25) is 0 Å². The number of hydrogen-bond acceptors (Lipinski definition) is 3. The van der Waals surface area contributed by atoms with Crippen LogP contribution in [0.15, 0.2) is 36.4 Å². The highest BCUT2D eigenvalue weighted by Crippen LogP contribution is 2.37. The average molecular weight is 272 g/mol. The molecule has 0 amide bonds. The summed E-state index contributed by atoms with van der Waals surface area (Å²) in [7, 11) is 3.22. The van der Waals surface area contributed by atoms with Gasteiger partial charge in [0.05, 0.1) is 14.2 Å². The Bertz CT molecular complexity index is 605. The Balaban J connectivity index is 2.56. The van der Waals surface area contributed by atoms with E-state index in [9.17, 15) is 5.11 Å². The second-order valence-corrected chi connectivity index (χ2v) is 4.84. The van der Waals surface area contributed by atoms with Gasteiger partial charge in [-0.05, 0) is 37.1 Å². The number of ether oxygens (including phenoxy) is 2. The van der Waals surface area contributed by atoms with Crippen LogP contribution in [0.25, 0.3) is 0 Å². The van der Waals surface area contributed by atoms with E-state index in [1.54, 1.807) is 14.2 Å². The van der Waals surface area contributed by atoms with Crippen LogP contribution in [-0.4, -0.2) is 19.3 Å². The number of rotatable bonds is 4. The summed E-state index contributed by atoms with van der Waals surface area (Å²) < 4.78 is 10.7. The number of hydrogen-bond donors (Lipinski definition) is 1. The van der Waals surface area contributed by atoms with E-state index in [0.29, 0.717) is 11.5 Å². The molecule has 0 aliphatic carbocycles. The van der Waals surface area contributed by atoms with Crippen LogP contribution in [-0.2, 0) is 0 Å². The number of aliphatic hydroxyl groups excluding tert-OH is 1. The Kier molecular flexibility index (Phi) is 4.30. The van der Waals surface area contributed by atoms with Gasteiger partial charge in [0.1, 0.15) is 17.6 Å². The Morgan fingerprint density at radius 1 is 0.950 bits per heavy atom. The van der Waals surface area contributed by atoms with Crippen LogP contribution in [0.3, 0.4) is 0 Å². The molecule has 2 rings (SSSR count). The molecule has 0 bridgehead atoms. The number of aryl methyl sites for hydroxylation is 2. The highest BCUT2D eigenvalue weighted by Gasteiger charge is 2.21. The number of para-hydroxylation sites is 1. The Labute approximate surface area is 119 Å². The Hall–Kier alpha value is -2.00. The number of aliphatic hydroxyl groups is 1. The molecule has 1 N–H and O–H groups in total. The molecule has 0 saturated heterocycles. The summed E-state index contributed by atoms with van der Waals surface area (Å²) >= 11 is 0. The lowest BCUT2D eigenvalue weighted by atomic mass is 9.94. The first-order chi connectivity index (χ1) is 9.58. The third-order valence-corrected chi connectivity index (χ3v) is 3.42. The van der Waals surface area contributed by atoms with Gasteiger partial charge in [0, 0.05) is 11.1 Å². The second kappa shape index (κ2) is 5.97. The maximum Gasteiger partial charge on any atom is 0.125 e. The van der Waals surface area contributed by atoms with Crippen molar-refractivity contribution >= 4 is 0 Å². The van der Waals surface area contributed by atoms with Crippen molar-refractivity contribution in [3.8, 4) is 11.5 Å². The van der Waals surface area contributed by atoms with Gasteiger partial charge in [-0.15, -0.1) is 0 Å². The molecule has 3 heteroatoms. The van der Waals surface area contributed by atoms with Gasteiger partial charge in [0.15, 0.2) is 0 Å². The van der Waals surface area contributed by atoms with E-state index < -0.39 is 6.10 Å². The van der Waals surface area contributed by atoms with Crippen LogP contribution in [0, 0.1) is 13.8 Å². The molecule has 2 aromatic rings. The minimum atomic E-state index is -0.776. The van der Waals surface area contributed by atoms with Gasteiger partial charge in [-0.3, -0.25) is 0 Å². The van der Waals surface area contributed by atoms with Crippen molar-refractivity contribution in [3.05, 3.63) is 58.7 Å². The van der Waals surface area contributed by atoms with Crippen LogP contribution in [0.2, 0.25) is 0 Å². The molecule has 0 aliphatic heterocycles. The lowest BCUT2D eigenvalue weighted by molar-refractivity contribution is 0.208. The fraction of sp³-hybridized carbons (Fsp3) is 0.294. The molecule has 20 heavy (non-hydrogen) atoms. The molecule has 0 aliphatic rings. The summed E-state index contributed by atoms with van der Waals surface area (Å²) in [6.07, 6.45) is -0.776. The first kappa shape index (κ1) is 14.4. The van der Waals surface area contributed by atoms with E-state index in [1.807, 2.05) is 50.2 Å². The first-order valence-electron chi connectivity index (χ1n) is 6.54. The summed E-state index contributed by atoms with van der Waals surface area (Å²) in [4.78, 5) is 0. The summed E-state index contributed by atoms with van der Waals surface area (Å²) in [5.41, 5.74) is 3.62. The van der Waals surface area contributed by atoms with Crippen LogP contribution >= 0.6 is 0 Å². The summed E-state index contributed by atoms with van der Waals surface area (Å²) in [6.45, 7) is 3.98. The maximum atomic E-state index is 10.7. The molecule has 0 heterocycles. The van der Waals surface area contributed by atoms with Crippen molar-refractivity contribution in [2.75, 3.05) is 14.2 Å².